The first-order valence-corrected chi connectivity index (χ1v) is 4.69. The lowest BCUT2D eigenvalue weighted by Gasteiger charge is -2.08. The molecular weight excluding hydrogens is 162 g/mol. The minimum Gasteiger partial charge on any atom is -0.396 e. The van der Waals surface area contributed by atoms with Gasteiger partial charge < -0.3 is 10.4 Å². The summed E-state index contributed by atoms with van der Waals surface area (Å²) in [6, 6.07) is 4.25. The van der Waals surface area contributed by atoms with Gasteiger partial charge in [-0.25, -0.2) is 0 Å². The number of aliphatic hydroxyl groups excluding tert-OH is 1. The van der Waals surface area contributed by atoms with Crippen molar-refractivity contribution in [3.05, 3.63) is 28.8 Å². The number of benzene rings is 1. The predicted molar refractivity (Wildman–Crippen MR) is 54.2 cm³/mol. The monoisotopic (exact) mass is 177 g/mol. The van der Waals surface area contributed by atoms with Crippen LogP contribution in [0.4, 0.5) is 5.69 Å². The summed E-state index contributed by atoms with van der Waals surface area (Å²) in [5.74, 6) is 0.286. The van der Waals surface area contributed by atoms with Crippen molar-refractivity contribution in [3.8, 4) is 0 Å². The molecule has 1 heterocycles. The Hall–Kier alpha value is -1.02. The number of rotatable bonds is 1. The van der Waals surface area contributed by atoms with Crippen LogP contribution in [0.2, 0.25) is 0 Å². The van der Waals surface area contributed by atoms with Crippen LogP contribution < -0.4 is 5.32 Å². The first-order valence-electron chi connectivity index (χ1n) is 4.69. The first-order chi connectivity index (χ1) is 6.24. The van der Waals surface area contributed by atoms with Crippen LogP contribution in [0.1, 0.15) is 22.6 Å². The van der Waals surface area contributed by atoms with Gasteiger partial charge >= 0.3 is 0 Å². The van der Waals surface area contributed by atoms with Crippen molar-refractivity contribution in [2.75, 3.05) is 18.5 Å². The van der Waals surface area contributed by atoms with Gasteiger partial charge in [-0.1, -0.05) is 12.1 Å². The van der Waals surface area contributed by atoms with Gasteiger partial charge in [0, 0.05) is 18.2 Å². The molecular formula is C11H15NO. The van der Waals surface area contributed by atoms with Gasteiger partial charge in [-0.2, -0.15) is 0 Å². The molecule has 1 aliphatic rings. The smallest absolute Gasteiger partial charge is 0.0517 e. The maximum atomic E-state index is 9.13. The fourth-order valence-electron chi connectivity index (χ4n) is 1.91. The van der Waals surface area contributed by atoms with Crippen LogP contribution in [0.25, 0.3) is 0 Å². The largest absolute Gasteiger partial charge is 0.396 e. The summed E-state index contributed by atoms with van der Waals surface area (Å²) < 4.78 is 0. The van der Waals surface area contributed by atoms with Gasteiger partial charge in [0.2, 0.25) is 0 Å². The molecule has 0 aliphatic carbocycles. The lowest BCUT2D eigenvalue weighted by molar-refractivity contribution is 0.273. The molecule has 1 atom stereocenters. The molecule has 0 saturated heterocycles. The van der Waals surface area contributed by atoms with Gasteiger partial charge in [-0.15, -0.1) is 0 Å². The van der Waals surface area contributed by atoms with E-state index < -0.39 is 0 Å². The van der Waals surface area contributed by atoms with Crippen LogP contribution >= 0.6 is 0 Å². The Kier molecular flexibility index (Phi) is 2.00. The molecule has 0 saturated carbocycles. The second-order valence-electron chi connectivity index (χ2n) is 3.73. The van der Waals surface area contributed by atoms with Crippen molar-refractivity contribution in [3.63, 3.8) is 0 Å². The van der Waals surface area contributed by atoms with Crippen LogP contribution in [0.5, 0.6) is 0 Å². The molecule has 2 rings (SSSR count). The maximum absolute atomic E-state index is 9.13. The highest BCUT2D eigenvalue weighted by atomic mass is 16.3. The second kappa shape index (κ2) is 3.04. The molecule has 0 amide bonds. The lowest BCUT2D eigenvalue weighted by atomic mass is 9.97. The zero-order valence-electron chi connectivity index (χ0n) is 8.09. The van der Waals surface area contributed by atoms with Crippen LogP contribution in [-0.4, -0.2) is 18.3 Å². The second-order valence-corrected chi connectivity index (χ2v) is 3.73. The predicted octanol–water partition coefficient (Wildman–Crippen LogP) is 1.80. The maximum Gasteiger partial charge on any atom is 0.0517 e. The molecule has 1 aliphatic heterocycles. The van der Waals surface area contributed by atoms with E-state index in [1.807, 2.05) is 0 Å². The third-order valence-corrected chi connectivity index (χ3v) is 2.95. The molecule has 1 unspecified atom stereocenters. The normalized spacial score (nSPS) is 19.8. The topological polar surface area (TPSA) is 32.3 Å². The van der Waals surface area contributed by atoms with Crippen LogP contribution in [0.15, 0.2) is 12.1 Å². The molecule has 2 heteroatoms. The molecule has 0 bridgehead atoms. The van der Waals surface area contributed by atoms with E-state index in [0.717, 1.165) is 6.54 Å². The summed E-state index contributed by atoms with van der Waals surface area (Å²) >= 11 is 0. The van der Waals surface area contributed by atoms with E-state index in [2.05, 4.69) is 31.3 Å². The number of hydrogen-bond donors (Lipinski definition) is 2. The molecule has 1 aromatic rings. The van der Waals surface area contributed by atoms with Gasteiger partial charge in [-0.05, 0) is 30.5 Å². The zero-order valence-corrected chi connectivity index (χ0v) is 8.09. The Morgan fingerprint density at radius 3 is 2.92 bits per heavy atom. The summed E-state index contributed by atoms with van der Waals surface area (Å²) in [4.78, 5) is 0. The molecule has 0 fully saturated rings. The average molecular weight is 177 g/mol. The highest BCUT2D eigenvalue weighted by Gasteiger charge is 2.22. The number of fused-ring (bicyclic) bond motifs is 1. The first kappa shape index (κ1) is 8.57. The minimum atomic E-state index is 0.239. The van der Waals surface area contributed by atoms with Crippen molar-refractivity contribution in [2.24, 2.45) is 0 Å². The van der Waals surface area contributed by atoms with E-state index in [-0.39, 0.29) is 12.5 Å². The number of nitrogens with one attached hydrogen (secondary N) is 1. The minimum absolute atomic E-state index is 0.239. The average Bonchev–Trinajstić information content (AvgIpc) is 2.55. The molecule has 2 nitrogen and oxygen atoms in total. The molecule has 0 spiro atoms. The van der Waals surface area contributed by atoms with Crippen LogP contribution in [0, 0.1) is 13.8 Å². The summed E-state index contributed by atoms with van der Waals surface area (Å²) in [6.45, 7) is 5.35. The summed E-state index contributed by atoms with van der Waals surface area (Å²) in [7, 11) is 0. The standard InChI is InChI=1S/C11H15NO/c1-7-3-4-10-9(6-13)5-12-11(10)8(7)2/h3-4,9,12-13H,5-6H2,1-2H3. The number of aliphatic hydroxyl groups is 1. The van der Waals surface area contributed by atoms with Crippen molar-refractivity contribution >= 4 is 5.69 Å². The Morgan fingerprint density at radius 1 is 1.46 bits per heavy atom. The number of hydrogen-bond acceptors (Lipinski definition) is 2. The summed E-state index contributed by atoms with van der Waals surface area (Å²) in [5, 5.41) is 12.5. The van der Waals surface area contributed by atoms with E-state index in [9.17, 15) is 0 Å². The van der Waals surface area contributed by atoms with Crippen molar-refractivity contribution < 1.29 is 5.11 Å². The third-order valence-electron chi connectivity index (χ3n) is 2.95. The van der Waals surface area contributed by atoms with Gasteiger partial charge in [0.05, 0.1) is 6.61 Å². The SMILES string of the molecule is Cc1ccc2c(c1C)NCC2CO. The van der Waals surface area contributed by atoms with E-state index in [4.69, 9.17) is 5.11 Å². The zero-order chi connectivity index (χ0) is 9.42. The highest BCUT2D eigenvalue weighted by molar-refractivity contribution is 5.64. The van der Waals surface area contributed by atoms with Crippen molar-refractivity contribution in [1.82, 2.24) is 0 Å². The van der Waals surface area contributed by atoms with Crippen molar-refractivity contribution in [2.45, 2.75) is 19.8 Å². The van der Waals surface area contributed by atoms with Crippen LogP contribution in [-0.2, 0) is 0 Å². The van der Waals surface area contributed by atoms with E-state index >= 15 is 0 Å². The van der Waals surface area contributed by atoms with Crippen molar-refractivity contribution in [1.29, 1.82) is 0 Å². The van der Waals surface area contributed by atoms with Gasteiger partial charge in [0.25, 0.3) is 0 Å². The Morgan fingerprint density at radius 2 is 2.23 bits per heavy atom. The van der Waals surface area contributed by atoms with Gasteiger partial charge in [-0.3, -0.25) is 0 Å². The molecule has 0 radical (unpaired) electrons. The highest BCUT2D eigenvalue weighted by Crippen LogP contribution is 2.34. The fraction of sp³-hybridized carbons (Fsp3) is 0.455. The Balaban J connectivity index is 2.50. The Labute approximate surface area is 78.6 Å². The molecule has 2 N–H and O–H groups in total. The van der Waals surface area contributed by atoms with E-state index in [1.54, 1.807) is 0 Å². The number of aryl methyl sites for hydroxylation is 1. The quantitative estimate of drug-likeness (QED) is 0.685. The van der Waals surface area contributed by atoms with E-state index in [0.29, 0.717) is 0 Å². The Bertz CT molecular complexity index is 333. The summed E-state index contributed by atoms with van der Waals surface area (Å²) in [6.07, 6.45) is 0. The number of anilines is 1. The van der Waals surface area contributed by atoms with E-state index in [1.165, 1.54) is 22.4 Å². The fourth-order valence-corrected chi connectivity index (χ4v) is 1.91. The molecule has 0 aromatic heterocycles. The lowest BCUT2D eigenvalue weighted by Crippen LogP contribution is -2.05. The van der Waals surface area contributed by atoms with Crippen LogP contribution in [0.3, 0.4) is 0 Å². The van der Waals surface area contributed by atoms with Gasteiger partial charge in [0.1, 0.15) is 0 Å². The molecule has 13 heavy (non-hydrogen) atoms. The summed E-state index contributed by atoms with van der Waals surface area (Å²) in [5.41, 5.74) is 5.13. The third kappa shape index (κ3) is 1.22. The van der Waals surface area contributed by atoms with Gasteiger partial charge in [0.15, 0.2) is 0 Å². The molecule has 70 valence electrons. The molecule has 1 aromatic carbocycles.